The fourth-order valence-corrected chi connectivity index (χ4v) is 2.77. The summed E-state index contributed by atoms with van der Waals surface area (Å²) in [6.45, 7) is 0. The van der Waals surface area contributed by atoms with Crippen LogP contribution in [-0.2, 0) is 0 Å². The highest BCUT2D eigenvalue weighted by Gasteiger charge is 2.13. The summed E-state index contributed by atoms with van der Waals surface area (Å²) in [5.41, 5.74) is 4.53. The van der Waals surface area contributed by atoms with E-state index in [1.165, 1.54) is 6.21 Å². The quantitative estimate of drug-likeness (QED) is 0.297. The molecule has 0 saturated heterocycles. The third kappa shape index (κ3) is 4.02. The molecule has 28 heavy (non-hydrogen) atoms. The van der Waals surface area contributed by atoms with Crippen molar-refractivity contribution in [2.45, 2.75) is 0 Å². The van der Waals surface area contributed by atoms with Crippen molar-refractivity contribution in [1.29, 1.82) is 0 Å². The average molecular weight is 461 g/mol. The number of hydrazone groups is 1. The van der Waals surface area contributed by atoms with Gasteiger partial charge in [-0.05, 0) is 52.8 Å². The van der Waals surface area contributed by atoms with Crippen molar-refractivity contribution in [3.63, 3.8) is 0 Å². The number of halogens is 2. The number of phenols is 1. The second-order valence-corrected chi connectivity index (χ2v) is 6.89. The van der Waals surface area contributed by atoms with E-state index >= 15 is 0 Å². The molecule has 0 aliphatic heterocycles. The Hall–Kier alpha value is -3.24. The fourth-order valence-electron chi connectivity index (χ4n) is 2.26. The number of aromatic hydroxyl groups is 1. The molecule has 0 atom stereocenters. The van der Waals surface area contributed by atoms with Gasteiger partial charge in [-0.3, -0.25) is 5.43 Å². The largest absolute Gasteiger partial charge is 0.507 e. The van der Waals surface area contributed by atoms with Gasteiger partial charge in [0.25, 0.3) is 0 Å². The SMILES string of the molecule is Oc1ccc(Br)cc1C=NNc1nc2nonc2nc1Nc1ccc(Cl)cc1. The molecule has 4 rings (SSSR count). The van der Waals surface area contributed by atoms with Gasteiger partial charge in [0.05, 0.1) is 6.21 Å². The van der Waals surface area contributed by atoms with E-state index in [2.05, 4.69) is 56.7 Å². The van der Waals surface area contributed by atoms with Crippen LogP contribution in [0, 0.1) is 0 Å². The summed E-state index contributed by atoms with van der Waals surface area (Å²) in [7, 11) is 0. The molecule has 0 saturated carbocycles. The summed E-state index contributed by atoms with van der Waals surface area (Å²) in [5, 5.41) is 25.1. The molecule has 9 nitrogen and oxygen atoms in total. The average Bonchev–Trinajstić information content (AvgIpc) is 3.13. The van der Waals surface area contributed by atoms with Gasteiger partial charge in [0, 0.05) is 20.7 Å². The summed E-state index contributed by atoms with van der Waals surface area (Å²) < 4.78 is 5.48. The number of nitrogens with one attached hydrogen (secondary N) is 2. The number of hydrogen-bond acceptors (Lipinski definition) is 9. The molecule has 140 valence electrons. The predicted octanol–water partition coefficient (Wildman–Crippen LogP) is 4.32. The Balaban J connectivity index is 1.63. The van der Waals surface area contributed by atoms with Crippen molar-refractivity contribution in [3.8, 4) is 5.75 Å². The van der Waals surface area contributed by atoms with Crippen LogP contribution < -0.4 is 10.7 Å². The van der Waals surface area contributed by atoms with E-state index in [0.29, 0.717) is 22.2 Å². The molecule has 2 aromatic carbocycles. The number of rotatable bonds is 5. The number of phenolic OH excluding ortho intramolecular Hbond substituents is 1. The zero-order chi connectivity index (χ0) is 19.5. The molecule has 2 aromatic heterocycles. The lowest BCUT2D eigenvalue weighted by Crippen LogP contribution is -2.03. The molecule has 0 unspecified atom stereocenters. The van der Waals surface area contributed by atoms with Crippen LogP contribution in [0.3, 0.4) is 0 Å². The first-order chi connectivity index (χ1) is 13.6. The van der Waals surface area contributed by atoms with Crippen molar-refractivity contribution in [1.82, 2.24) is 20.3 Å². The van der Waals surface area contributed by atoms with Crippen molar-refractivity contribution in [2.75, 3.05) is 10.7 Å². The minimum absolute atomic E-state index is 0.0931. The lowest BCUT2D eigenvalue weighted by molar-refractivity contribution is 0.314. The summed E-state index contributed by atoms with van der Waals surface area (Å²) in [5.74, 6) is 0.750. The first-order valence-electron chi connectivity index (χ1n) is 7.89. The first kappa shape index (κ1) is 18.1. The van der Waals surface area contributed by atoms with Crippen molar-refractivity contribution in [2.24, 2.45) is 5.10 Å². The minimum Gasteiger partial charge on any atom is -0.507 e. The highest BCUT2D eigenvalue weighted by atomic mass is 79.9. The number of benzene rings is 2. The molecule has 0 radical (unpaired) electrons. The smallest absolute Gasteiger partial charge is 0.245 e. The van der Waals surface area contributed by atoms with Crippen LogP contribution >= 0.6 is 27.5 Å². The molecular formula is C17H11BrClN7O2. The topological polar surface area (TPSA) is 121 Å². The molecule has 3 N–H and O–H groups in total. The molecule has 0 fully saturated rings. The van der Waals surface area contributed by atoms with E-state index in [9.17, 15) is 5.11 Å². The standard InChI is InChI=1S/C17H11BrClN7O2/c18-10-1-6-13(27)9(7-10)8-20-24-15-14(21-12-4-2-11(19)3-5-12)22-16-17(23-15)26-28-25-16/h1-8,27H,(H,21,22,25)(H,23,24,26). The van der Waals surface area contributed by atoms with Crippen molar-refractivity contribution >= 4 is 62.4 Å². The molecule has 0 spiro atoms. The Kier molecular flexibility index (Phi) is 5.04. The molecule has 2 heterocycles. The van der Waals surface area contributed by atoms with E-state index in [1.54, 1.807) is 42.5 Å². The van der Waals surface area contributed by atoms with Gasteiger partial charge in [0.15, 0.2) is 11.6 Å². The van der Waals surface area contributed by atoms with E-state index < -0.39 is 0 Å². The van der Waals surface area contributed by atoms with Gasteiger partial charge in [0.2, 0.25) is 11.3 Å². The number of nitrogens with zero attached hydrogens (tertiary/aromatic N) is 5. The second kappa shape index (κ2) is 7.79. The Morgan fingerprint density at radius 1 is 1.04 bits per heavy atom. The first-order valence-corrected chi connectivity index (χ1v) is 9.06. The second-order valence-electron chi connectivity index (χ2n) is 5.54. The van der Waals surface area contributed by atoms with Crippen LogP contribution in [0.2, 0.25) is 5.02 Å². The zero-order valence-electron chi connectivity index (χ0n) is 14.0. The number of hydrogen-bond donors (Lipinski definition) is 3. The van der Waals surface area contributed by atoms with E-state index in [0.717, 1.165) is 10.2 Å². The van der Waals surface area contributed by atoms with Gasteiger partial charge < -0.3 is 10.4 Å². The van der Waals surface area contributed by atoms with Gasteiger partial charge in [-0.1, -0.05) is 27.5 Å². The minimum atomic E-state index is 0.0931. The predicted molar refractivity (Wildman–Crippen MR) is 109 cm³/mol. The Bertz CT molecular complexity index is 1160. The van der Waals surface area contributed by atoms with Crippen LogP contribution in [0.15, 0.2) is 56.7 Å². The Morgan fingerprint density at radius 2 is 1.75 bits per heavy atom. The number of fused-ring (bicyclic) bond motifs is 1. The maximum atomic E-state index is 9.90. The highest BCUT2D eigenvalue weighted by molar-refractivity contribution is 9.10. The van der Waals surface area contributed by atoms with E-state index in [-0.39, 0.29) is 17.0 Å². The Morgan fingerprint density at radius 3 is 2.50 bits per heavy atom. The van der Waals surface area contributed by atoms with Gasteiger partial charge in [-0.2, -0.15) is 10.1 Å². The van der Waals surface area contributed by atoms with Gasteiger partial charge >= 0.3 is 0 Å². The summed E-state index contributed by atoms with van der Waals surface area (Å²) in [4.78, 5) is 8.65. The van der Waals surface area contributed by atoms with E-state index in [4.69, 9.17) is 11.6 Å². The third-order valence-electron chi connectivity index (χ3n) is 3.58. The van der Waals surface area contributed by atoms with Crippen LogP contribution in [0.5, 0.6) is 5.75 Å². The highest BCUT2D eigenvalue weighted by Crippen LogP contribution is 2.25. The van der Waals surface area contributed by atoms with Crippen LogP contribution in [0.4, 0.5) is 17.3 Å². The molecular weight excluding hydrogens is 450 g/mol. The zero-order valence-corrected chi connectivity index (χ0v) is 16.3. The summed E-state index contributed by atoms with van der Waals surface area (Å²) in [6, 6.07) is 12.1. The maximum Gasteiger partial charge on any atom is 0.245 e. The van der Waals surface area contributed by atoms with Crippen LogP contribution in [0.1, 0.15) is 5.56 Å². The van der Waals surface area contributed by atoms with Crippen molar-refractivity contribution < 1.29 is 9.74 Å². The van der Waals surface area contributed by atoms with E-state index in [1.807, 2.05) is 0 Å². The molecule has 11 heteroatoms. The molecule has 0 bridgehead atoms. The van der Waals surface area contributed by atoms with Crippen LogP contribution in [-0.4, -0.2) is 31.6 Å². The monoisotopic (exact) mass is 459 g/mol. The molecule has 0 aliphatic rings. The lowest BCUT2D eigenvalue weighted by atomic mass is 10.2. The molecule has 4 aromatic rings. The molecule has 0 amide bonds. The van der Waals surface area contributed by atoms with Gasteiger partial charge in [-0.15, -0.1) is 0 Å². The molecule has 0 aliphatic carbocycles. The third-order valence-corrected chi connectivity index (χ3v) is 4.33. The lowest BCUT2D eigenvalue weighted by Gasteiger charge is -2.09. The number of aromatic nitrogens is 4. The fraction of sp³-hybridized carbons (Fsp3) is 0. The number of anilines is 3. The van der Waals surface area contributed by atoms with Crippen molar-refractivity contribution in [3.05, 3.63) is 57.5 Å². The summed E-state index contributed by atoms with van der Waals surface area (Å²) >= 11 is 9.27. The van der Waals surface area contributed by atoms with Gasteiger partial charge in [-0.25, -0.2) is 9.61 Å². The summed E-state index contributed by atoms with van der Waals surface area (Å²) in [6.07, 6.45) is 1.46. The Labute approximate surface area is 171 Å². The van der Waals surface area contributed by atoms with Crippen LogP contribution in [0.25, 0.3) is 11.3 Å². The maximum absolute atomic E-state index is 9.90. The van der Waals surface area contributed by atoms with Gasteiger partial charge in [0.1, 0.15) is 5.75 Å². The normalized spacial score (nSPS) is 11.2.